The summed E-state index contributed by atoms with van der Waals surface area (Å²) in [6.45, 7) is 8.36. The summed E-state index contributed by atoms with van der Waals surface area (Å²) < 4.78 is 0. The minimum Gasteiger partial charge on any atom is -0.391 e. The van der Waals surface area contributed by atoms with Crippen LogP contribution in [0.3, 0.4) is 0 Å². The van der Waals surface area contributed by atoms with E-state index in [4.69, 9.17) is 5.11 Å². The van der Waals surface area contributed by atoms with Crippen LogP contribution in [0.2, 0.25) is 0 Å². The highest BCUT2D eigenvalue weighted by atomic mass is 32.1. The Morgan fingerprint density at radius 1 is 1.29 bits per heavy atom. The Labute approximate surface area is 89.4 Å². The van der Waals surface area contributed by atoms with Gasteiger partial charge in [0.2, 0.25) is 0 Å². The summed E-state index contributed by atoms with van der Waals surface area (Å²) in [5.74, 6) is 0. The van der Waals surface area contributed by atoms with E-state index in [-0.39, 0.29) is 6.61 Å². The lowest BCUT2D eigenvalue weighted by Gasteiger charge is -2.16. The van der Waals surface area contributed by atoms with E-state index in [1.807, 2.05) is 0 Å². The molecule has 0 saturated carbocycles. The Balaban J connectivity index is 2.93. The van der Waals surface area contributed by atoms with Crippen LogP contribution in [0, 0.1) is 0 Å². The molecule has 0 aliphatic heterocycles. The first kappa shape index (κ1) is 11.5. The lowest BCUT2D eigenvalue weighted by Crippen LogP contribution is -2.21. The van der Waals surface area contributed by atoms with E-state index in [2.05, 4.69) is 30.7 Å². The van der Waals surface area contributed by atoms with Gasteiger partial charge in [-0.15, -0.1) is 0 Å². The van der Waals surface area contributed by atoms with Crippen LogP contribution in [0.15, 0.2) is 0 Å². The fraction of sp³-hybridized carbons (Fsp3) is 0.700. The molecule has 0 aromatic carbocycles. The predicted octanol–water partition coefficient (Wildman–Crippen LogP) is 2.04. The second-order valence-corrected chi connectivity index (χ2v) is 4.11. The molecule has 0 unspecified atom stereocenters. The highest BCUT2D eigenvalue weighted by molar-refractivity contribution is 7.15. The highest BCUT2D eigenvalue weighted by Gasteiger charge is 2.12. The maximum atomic E-state index is 9.14. The van der Waals surface area contributed by atoms with Gasteiger partial charge < -0.3 is 10.0 Å². The average molecular weight is 214 g/mol. The van der Waals surface area contributed by atoms with Crippen LogP contribution in [-0.2, 0) is 13.0 Å². The van der Waals surface area contributed by atoms with Gasteiger partial charge in [0.1, 0.15) is 0 Å². The third kappa shape index (κ3) is 2.25. The molecule has 0 aliphatic rings. The number of aryl methyl sites for hydroxylation is 1. The van der Waals surface area contributed by atoms with E-state index in [0.29, 0.717) is 0 Å². The smallest absolute Gasteiger partial charge is 0.185 e. The minimum atomic E-state index is 0.113. The van der Waals surface area contributed by atoms with E-state index >= 15 is 0 Å². The molecule has 0 atom stereocenters. The van der Waals surface area contributed by atoms with Gasteiger partial charge in [0.15, 0.2) is 5.13 Å². The molecule has 0 aliphatic carbocycles. The van der Waals surface area contributed by atoms with Crippen molar-refractivity contribution in [1.29, 1.82) is 0 Å². The Kier molecular flexibility index (Phi) is 4.35. The molecule has 1 aromatic heterocycles. The monoisotopic (exact) mass is 214 g/mol. The predicted molar refractivity (Wildman–Crippen MR) is 61.0 cm³/mol. The Bertz CT molecular complexity index is 260. The zero-order valence-electron chi connectivity index (χ0n) is 9.08. The van der Waals surface area contributed by atoms with Crippen molar-refractivity contribution in [3.05, 3.63) is 10.6 Å². The number of hydrogen-bond donors (Lipinski definition) is 1. The molecular weight excluding hydrogens is 196 g/mol. The van der Waals surface area contributed by atoms with Gasteiger partial charge in [-0.3, -0.25) is 0 Å². The molecule has 0 fully saturated rings. The van der Waals surface area contributed by atoms with Crippen LogP contribution in [0.1, 0.15) is 31.3 Å². The molecule has 80 valence electrons. The molecule has 0 bridgehead atoms. The third-order valence-electron chi connectivity index (χ3n) is 2.28. The summed E-state index contributed by atoms with van der Waals surface area (Å²) in [4.78, 5) is 7.75. The lowest BCUT2D eigenvalue weighted by molar-refractivity contribution is 0.284. The number of hydrogen-bond acceptors (Lipinski definition) is 4. The summed E-state index contributed by atoms with van der Waals surface area (Å²) >= 11 is 1.61. The van der Waals surface area contributed by atoms with Gasteiger partial charge in [0.05, 0.1) is 17.2 Å². The molecule has 3 nitrogen and oxygen atoms in total. The fourth-order valence-corrected chi connectivity index (χ4v) is 2.53. The molecule has 1 N–H and O–H groups in total. The van der Waals surface area contributed by atoms with Crippen LogP contribution in [0.5, 0.6) is 0 Å². The summed E-state index contributed by atoms with van der Waals surface area (Å²) in [6.07, 6.45) is 0.896. The normalized spacial score (nSPS) is 10.6. The van der Waals surface area contributed by atoms with Crippen molar-refractivity contribution in [3.63, 3.8) is 0 Å². The maximum absolute atomic E-state index is 9.14. The largest absolute Gasteiger partial charge is 0.391 e. The van der Waals surface area contributed by atoms with Crippen molar-refractivity contribution >= 4 is 16.5 Å². The van der Waals surface area contributed by atoms with E-state index in [1.54, 1.807) is 11.3 Å². The number of aromatic nitrogens is 1. The number of aliphatic hydroxyl groups excluding tert-OH is 1. The van der Waals surface area contributed by atoms with Crippen molar-refractivity contribution in [1.82, 2.24) is 4.98 Å². The van der Waals surface area contributed by atoms with Crippen LogP contribution in [0.25, 0.3) is 0 Å². The van der Waals surface area contributed by atoms with Crippen molar-refractivity contribution in [3.8, 4) is 0 Å². The second kappa shape index (κ2) is 5.32. The van der Waals surface area contributed by atoms with E-state index in [1.165, 1.54) is 0 Å². The molecule has 0 amide bonds. The first-order valence-electron chi connectivity index (χ1n) is 5.11. The summed E-state index contributed by atoms with van der Waals surface area (Å²) in [7, 11) is 0. The van der Waals surface area contributed by atoms with Gasteiger partial charge in [-0.2, -0.15) is 0 Å². The lowest BCUT2D eigenvalue weighted by atomic mass is 10.3. The molecule has 0 saturated heterocycles. The van der Waals surface area contributed by atoms with Crippen molar-refractivity contribution in [2.75, 3.05) is 18.0 Å². The minimum absolute atomic E-state index is 0.113. The fourth-order valence-electron chi connectivity index (χ4n) is 1.40. The molecule has 0 radical (unpaired) electrons. The van der Waals surface area contributed by atoms with Crippen molar-refractivity contribution in [2.24, 2.45) is 0 Å². The Morgan fingerprint density at radius 2 is 1.93 bits per heavy atom. The molecule has 14 heavy (non-hydrogen) atoms. The molecule has 4 heteroatoms. The van der Waals surface area contributed by atoms with Gasteiger partial charge in [-0.05, 0) is 20.3 Å². The number of anilines is 1. The van der Waals surface area contributed by atoms with Crippen LogP contribution in [0.4, 0.5) is 5.13 Å². The number of rotatable bonds is 5. The summed E-state index contributed by atoms with van der Waals surface area (Å²) in [5, 5.41) is 10.2. The first-order chi connectivity index (χ1) is 6.76. The van der Waals surface area contributed by atoms with Gasteiger partial charge in [0.25, 0.3) is 0 Å². The molecule has 1 rings (SSSR count). The summed E-state index contributed by atoms with van der Waals surface area (Å²) in [6, 6.07) is 0. The maximum Gasteiger partial charge on any atom is 0.185 e. The highest BCUT2D eigenvalue weighted by Crippen LogP contribution is 2.26. The van der Waals surface area contributed by atoms with Crippen molar-refractivity contribution in [2.45, 2.75) is 33.8 Å². The Morgan fingerprint density at radius 3 is 2.29 bits per heavy atom. The number of nitrogens with zero attached hydrogens (tertiary/aromatic N) is 2. The Hall–Kier alpha value is -0.610. The average Bonchev–Trinajstić information content (AvgIpc) is 2.63. The number of thiazole rings is 1. The van der Waals surface area contributed by atoms with E-state index in [9.17, 15) is 0 Å². The summed E-state index contributed by atoms with van der Waals surface area (Å²) in [5.41, 5.74) is 1.04. The molecular formula is C10H18N2OS. The van der Waals surface area contributed by atoms with Crippen LogP contribution in [-0.4, -0.2) is 23.2 Å². The van der Waals surface area contributed by atoms with E-state index < -0.39 is 0 Å². The first-order valence-corrected chi connectivity index (χ1v) is 5.92. The molecule has 1 aromatic rings. The quantitative estimate of drug-likeness (QED) is 0.815. The SMILES string of the molecule is CCc1nc(N(CC)CC)sc1CO. The third-order valence-corrected chi connectivity index (χ3v) is 3.42. The topological polar surface area (TPSA) is 36.4 Å². The zero-order valence-corrected chi connectivity index (χ0v) is 9.89. The zero-order chi connectivity index (χ0) is 10.6. The van der Waals surface area contributed by atoms with Gasteiger partial charge in [0, 0.05) is 13.1 Å². The standard InChI is InChI=1S/C10H18N2OS/c1-4-8-9(7-13)14-10(11-8)12(5-2)6-3/h13H,4-7H2,1-3H3. The van der Waals surface area contributed by atoms with E-state index in [0.717, 1.165) is 35.2 Å². The van der Waals surface area contributed by atoms with Crippen LogP contribution < -0.4 is 4.90 Å². The number of aliphatic hydroxyl groups is 1. The molecule has 1 heterocycles. The van der Waals surface area contributed by atoms with Gasteiger partial charge in [-0.25, -0.2) is 4.98 Å². The van der Waals surface area contributed by atoms with Gasteiger partial charge >= 0.3 is 0 Å². The van der Waals surface area contributed by atoms with Gasteiger partial charge in [-0.1, -0.05) is 18.3 Å². The van der Waals surface area contributed by atoms with Crippen LogP contribution >= 0.6 is 11.3 Å². The molecule has 0 spiro atoms. The second-order valence-electron chi connectivity index (χ2n) is 3.05. The van der Waals surface area contributed by atoms with Crippen molar-refractivity contribution < 1.29 is 5.11 Å².